The van der Waals surface area contributed by atoms with Gasteiger partial charge in [-0.3, -0.25) is 4.79 Å². The van der Waals surface area contributed by atoms with E-state index in [0.717, 1.165) is 18.5 Å². The largest absolute Gasteiger partial charge is 0.337 e. The molecule has 1 saturated heterocycles. The molecule has 1 saturated carbocycles. The van der Waals surface area contributed by atoms with Gasteiger partial charge in [-0.1, -0.05) is 0 Å². The molecule has 106 valence electrons. The predicted octanol–water partition coefficient (Wildman–Crippen LogP) is 0.497. The van der Waals surface area contributed by atoms with Crippen molar-refractivity contribution < 1.29 is 8.91 Å². The standard InChI is InChI=1S/C14H19N5O/c1-15-10-5-14(6-10)8-18(9-14)13(20)11-7-16-19-4-3-17(2)12(11)19/h3-4,7,10,15H,5-6,8-9H2,1-2H3/i1D3. The summed E-state index contributed by atoms with van der Waals surface area (Å²) in [7, 11) is 1.89. The number of carbonyl (C=O) groups is 1. The molecule has 0 aromatic carbocycles. The molecule has 1 aliphatic carbocycles. The van der Waals surface area contributed by atoms with Gasteiger partial charge in [-0.25, -0.2) is 4.52 Å². The fourth-order valence-corrected chi connectivity index (χ4v) is 3.62. The van der Waals surface area contributed by atoms with Gasteiger partial charge in [0.25, 0.3) is 5.91 Å². The van der Waals surface area contributed by atoms with Crippen LogP contribution in [0.1, 0.15) is 27.3 Å². The second kappa shape index (κ2) is 3.85. The van der Waals surface area contributed by atoms with Crippen LogP contribution in [-0.4, -0.2) is 51.1 Å². The van der Waals surface area contributed by atoms with Gasteiger partial charge < -0.3 is 14.8 Å². The van der Waals surface area contributed by atoms with Gasteiger partial charge in [0.05, 0.1) is 6.20 Å². The highest BCUT2D eigenvalue weighted by molar-refractivity contribution is 6.00. The Kier molecular flexibility index (Phi) is 1.77. The van der Waals surface area contributed by atoms with Crippen LogP contribution >= 0.6 is 0 Å². The third kappa shape index (κ3) is 1.48. The molecule has 0 atom stereocenters. The number of fused-ring (bicyclic) bond motifs is 1. The van der Waals surface area contributed by atoms with Gasteiger partial charge in [-0.15, -0.1) is 0 Å². The Morgan fingerprint density at radius 1 is 1.50 bits per heavy atom. The van der Waals surface area contributed by atoms with Gasteiger partial charge in [-0.2, -0.15) is 5.10 Å². The van der Waals surface area contributed by atoms with Gasteiger partial charge >= 0.3 is 0 Å². The molecule has 1 amide bonds. The van der Waals surface area contributed by atoms with Crippen LogP contribution in [0, 0.1) is 5.41 Å². The molecule has 3 heterocycles. The van der Waals surface area contributed by atoms with E-state index >= 15 is 0 Å². The molecule has 6 heteroatoms. The molecule has 1 N–H and O–H groups in total. The van der Waals surface area contributed by atoms with E-state index in [2.05, 4.69) is 10.4 Å². The number of rotatable bonds is 2. The number of imidazole rings is 1. The van der Waals surface area contributed by atoms with Crippen molar-refractivity contribution in [2.75, 3.05) is 20.1 Å². The quantitative estimate of drug-likeness (QED) is 0.869. The van der Waals surface area contributed by atoms with Gasteiger partial charge in [-0.05, 0) is 19.8 Å². The summed E-state index contributed by atoms with van der Waals surface area (Å²) in [5, 5.41) is 6.86. The van der Waals surface area contributed by atoms with Crippen LogP contribution in [0.2, 0.25) is 0 Å². The van der Waals surface area contributed by atoms with Crippen molar-refractivity contribution in [1.82, 2.24) is 24.4 Å². The number of hydrogen-bond acceptors (Lipinski definition) is 3. The van der Waals surface area contributed by atoms with Crippen LogP contribution < -0.4 is 5.32 Å². The zero-order chi connectivity index (χ0) is 16.4. The molecule has 1 aliphatic heterocycles. The van der Waals surface area contributed by atoms with Crippen LogP contribution in [0.5, 0.6) is 0 Å². The molecule has 2 aromatic rings. The molecule has 2 aromatic heterocycles. The Hall–Kier alpha value is -1.82. The van der Waals surface area contributed by atoms with Gasteiger partial charge in [0.15, 0.2) is 0 Å². The summed E-state index contributed by atoms with van der Waals surface area (Å²) in [6, 6.07) is 0.0375. The molecule has 2 fully saturated rings. The zero-order valence-electron chi connectivity index (χ0n) is 14.3. The summed E-state index contributed by atoms with van der Waals surface area (Å²) in [6.45, 7) is -0.679. The van der Waals surface area contributed by atoms with Gasteiger partial charge in [0.1, 0.15) is 11.2 Å². The first-order valence-corrected chi connectivity index (χ1v) is 6.82. The van der Waals surface area contributed by atoms with Crippen molar-refractivity contribution in [2.45, 2.75) is 18.9 Å². The van der Waals surface area contributed by atoms with Crippen LogP contribution in [0.15, 0.2) is 18.6 Å². The average molecular weight is 276 g/mol. The topological polar surface area (TPSA) is 54.6 Å². The first-order valence-electron chi connectivity index (χ1n) is 8.32. The molecule has 2 aliphatic rings. The fourth-order valence-electron chi connectivity index (χ4n) is 3.62. The zero-order valence-corrected chi connectivity index (χ0v) is 11.3. The third-order valence-corrected chi connectivity index (χ3v) is 4.67. The Morgan fingerprint density at radius 3 is 3.05 bits per heavy atom. The molecular formula is C14H19N5O. The second-order valence-corrected chi connectivity index (χ2v) is 6.15. The number of hydrogen-bond donors (Lipinski definition) is 1. The van der Waals surface area contributed by atoms with Crippen LogP contribution in [0.25, 0.3) is 5.65 Å². The van der Waals surface area contributed by atoms with Crippen molar-refractivity contribution in [3.8, 4) is 0 Å². The minimum Gasteiger partial charge on any atom is -0.337 e. The molecule has 4 rings (SSSR count). The van der Waals surface area contributed by atoms with Gasteiger partial charge in [0.2, 0.25) is 0 Å². The van der Waals surface area contributed by atoms with Crippen LogP contribution in [0.4, 0.5) is 0 Å². The molecular weight excluding hydrogens is 254 g/mol. The van der Waals surface area contributed by atoms with E-state index in [1.54, 1.807) is 10.7 Å². The molecule has 0 radical (unpaired) electrons. The normalized spacial score (nSPS) is 24.1. The van der Waals surface area contributed by atoms with Crippen molar-refractivity contribution in [1.29, 1.82) is 0 Å². The first-order chi connectivity index (χ1) is 10.8. The highest BCUT2D eigenvalue weighted by Crippen LogP contribution is 2.48. The van der Waals surface area contributed by atoms with E-state index in [-0.39, 0.29) is 17.4 Å². The number of aryl methyl sites for hydroxylation is 1. The molecule has 6 nitrogen and oxygen atoms in total. The van der Waals surface area contributed by atoms with E-state index in [9.17, 15) is 4.79 Å². The summed E-state index contributed by atoms with van der Waals surface area (Å²) >= 11 is 0. The van der Waals surface area contributed by atoms with E-state index in [1.807, 2.05) is 28.9 Å². The number of nitrogens with one attached hydrogen (secondary N) is 1. The van der Waals surface area contributed by atoms with E-state index in [0.29, 0.717) is 18.7 Å². The lowest BCUT2D eigenvalue weighted by atomic mass is 9.60. The van der Waals surface area contributed by atoms with Crippen molar-refractivity contribution in [2.24, 2.45) is 12.5 Å². The molecule has 0 unspecified atom stereocenters. The summed E-state index contributed by atoms with van der Waals surface area (Å²) in [4.78, 5) is 14.5. The lowest BCUT2D eigenvalue weighted by Crippen LogP contribution is -2.66. The maximum atomic E-state index is 12.6. The highest BCUT2D eigenvalue weighted by atomic mass is 16.2. The summed E-state index contributed by atoms with van der Waals surface area (Å²) < 4.78 is 25.3. The number of carbonyl (C=O) groups excluding carboxylic acids is 1. The van der Waals surface area contributed by atoms with E-state index in [1.165, 1.54) is 0 Å². The Bertz CT molecular complexity index is 763. The minimum atomic E-state index is -2.08. The minimum absolute atomic E-state index is 0.000319. The number of nitrogens with zero attached hydrogens (tertiary/aromatic N) is 4. The number of amides is 1. The SMILES string of the molecule is [2H]C([2H])([2H])NC1CC2(C1)CN(C(=O)c1cnn3ccn(C)c13)C2. The van der Waals surface area contributed by atoms with Crippen LogP contribution in [-0.2, 0) is 7.05 Å². The Morgan fingerprint density at radius 2 is 2.30 bits per heavy atom. The maximum absolute atomic E-state index is 12.6. The monoisotopic (exact) mass is 276 g/mol. The molecule has 0 bridgehead atoms. The predicted molar refractivity (Wildman–Crippen MR) is 74.6 cm³/mol. The second-order valence-electron chi connectivity index (χ2n) is 6.15. The smallest absolute Gasteiger partial charge is 0.259 e. The number of aromatic nitrogens is 3. The Labute approximate surface area is 121 Å². The van der Waals surface area contributed by atoms with Crippen LogP contribution in [0.3, 0.4) is 0 Å². The summed E-state index contributed by atoms with van der Waals surface area (Å²) in [5.41, 5.74) is 1.52. The lowest BCUT2D eigenvalue weighted by molar-refractivity contribution is -0.0595. The fraction of sp³-hybridized carbons (Fsp3) is 0.571. The lowest BCUT2D eigenvalue weighted by Gasteiger charge is -2.59. The van der Waals surface area contributed by atoms with Crippen molar-refractivity contribution >= 4 is 11.6 Å². The first kappa shape index (κ1) is 9.18. The average Bonchev–Trinajstić information content (AvgIpc) is 2.92. The van der Waals surface area contributed by atoms with E-state index < -0.39 is 6.98 Å². The number of likely N-dealkylation sites (tertiary alicyclic amines) is 1. The van der Waals surface area contributed by atoms with Crippen molar-refractivity contribution in [3.05, 3.63) is 24.2 Å². The molecule has 1 spiro atoms. The van der Waals surface area contributed by atoms with Gasteiger partial charge in [0, 0.05) is 48.1 Å². The Balaban J connectivity index is 1.39. The third-order valence-electron chi connectivity index (χ3n) is 4.67. The molecule has 20 heavy (non-hydrogen) atoms. The highest BCUT2D eigenvalue weighted by Gasteiger charge is 2.53. The summed E-state index contributed by atoms with van der Waals surface area (Å²) in [5.74, 6) is -0.000319. The summed E-state index contributed by atoms with van der Waals surface area (Å²) in [6.07, 6.45) is 6.95. The van der Waals surface area contributed by atoms with E-state index in [4.69, 9.17) is 4.11 Å². The van der Waals surface area contributed by atoms with Crippen molar-refractivity contribution in [3.63, 3.8) is 0 Å². The maximum Gasteiger partial charge on any atom is 0.259 e.